The van der Waals surface area contributed by atoms with E-state index in [1.165, 1.54) is 146 Å². The highest BCUT2D eigenvalue weighted by Crippen LogP contribution is 2.52. The highest BCUT2D eigenvalue weighted by atomic mass is 16.5. The van der Waals surface area contributed by atoms with E-state index in [0.717, 1.165) is 50.2 Å². The summed E-state index contributed by atoms with van der Waals surface area (Å²) in [6, 6.07) is 146. The zero-order valence-corrected chi connectivity index (χ0v) is 74.4. The third kappa shape index (κ3) is 14.9. The summed E-state index contributed by atoms with van der Waals surface area (Å²) in [4.78, 5) is 9.67. The fourth-order valence-electron chi connectivity index (χ4n) is 19.4. The Balaban J connectivity index is 0.000000107. The Hall–Kier alpha value is -14.5. The summed E-state index contributed by atoms with van der Waals surface area (Å²) in [5.74, 6) is 1.90. The Morgan fingerprint density at radius 3 is 0.976 bits per heavy atom. The average molecular weight is 1640 g/mol. The molecule has 0 atom stereocenters. The first kappa shape index (κ1) is 80.9. The first-order valence-corrected chi connectivity index (χ1v) is 44.6. The molecule has 0 unspecified atom stereocenters. The maximum atomic E-state index is 6.43. The van der Waals surface area contributed by atoms with Crippen molar-refractivity contribution in [1.82, 2.24) is 4.57 Å². The number of benzene rings is 17. The molecule has 7 nitrogen and oxygen atoms in total. The summed E-state index contributed by atoms with van der Waals surface area (Å²) in [6.45, 7) is 27.4. The number of ether oxygens (including phenoxy) is 1. The summed E-state index contributed by atoms with van der Waals surface area (Å²) >= 11 is 0. The molecule has 17 aromatic carbocycles. The second-order valence-corrected chi connectivity index (χ2v) is 37.9. The van der Waals surface area contributed by atoms with Crippen LogP contribution in [0.5, 0.6) is 11.5 Å². The van der Waals surface area contributed by atoms with Gasteiger partial charge in [0, 0.05) is 84.5 Å². The van der Waals surface area contributed by atoms with Crippen LogP contribution in [0.4, 0.5) is 68.2 Å². The number of anilines is 12. The Labute approximate surface area is 748 Å². The molecule has 0 aliphatic carbocycles. The summed E-state index contributed by atoms with van der Waals surface area (Å²) in [5.41, 5.74) is 38.4. The number of hydrogen-bond acceptors (Lipinski definition) is 6. The summed E-state index contributed by atoms with van der Waals surface area (Å²) in [5, 5.41) is 2.25. The number of hydrogen-bond donors (Lipinski definition) is 0. The lowest BCUT2D eigenvalue weighted by atomic mass is 9.33. The van der Waals surface area contributed by atoms with E-state index in [2.05, 4.69) is 483 Å². The molecular formula is C118H103B2N5O2. The lowest BCUT2D eigenvalue weighted by Crippen LogP contribution is -2.61. The van der Waals surface area contributed by atoms with Gasteiger partial charge in [-0.05, 0) is 233 Å². The molecule has 9 heteroatoms. The predicted octanol–water partition coefficient (Wildman–Crippen LogP) is 28.5. The number of nitrogens with zero attached hydrogens (tertiary/aromatic N) is 5. The molecule has 1 aromatic heterocycles. The number of para-hydroxylation sites is 11. The lowest BCUT2D eigenvalue weighted by molar-refractivity contribution is 0.487. The van der Waals surface area contributed by atoms with E-state index in [0.29, 0.717) is 0 Å². The molecule has 127 heavy (non-hydrogen) atoms. The smallest absolute Gasteiger partial charge is 0.256 e. The fourth-order valence-corrected chi connectivity index (χ4v) is 19.4. The summed E-state index contributed by atoms with van der Waals surface area (Å²) < 4.78 is 15.1. The SMILES string of the molecule is CC(C)(C)c1ccc(-n2c3ccccc3oc3ccccc3c3ccccc32)cc1.CC(C)(C)c1ccc(N2c3ccccc3-c3ccccc3-c3ccccc32)cc1.CC(C)(C)c1ccc(N2c3ccccc3B3c4ccccc4N(c4ccccc4)c4cccc2c43)cc1.CC(C)(C)c1ccc(N2c3ccccc3B3c4ccccc4Oc4cccc2c43)cc1. The van der Waals surface area contributed by atoms with Crippen molar-refractivity contribution in [2.75, 3.05) is 19.6 Å². The molecule has 23 rings (SSSR count). The molecule has 0 saturated carbocycles. The zero-order valence-electron chi connectivity index (χ0n) is 74.4. The van der Waals surface area contributed by atoms with Crippen molar-refractivity contribution >= 4 is 147 Å². The van der Waals surface area contributed by atoms with Gasteiger partial charge in [-0.2, -0.15) is 0 Å². The van der Waals surface area contributed by atoms with Crippen LogP contribution < -0.4 is 57.1 Å². The highest BCUT2D eigenvalue weighted by Gasteiger charge is 2.45. The quantitative estimate of drug-likeness (QED) is 0.160. The molecule has 0 radical (unpaired) electrons. The number of rotatable bonds is 5. The van der Waals surface area contributed by atoms with Crippen molar-refractivity contribution in [2.24, 2.45) is 0 Å². The molecule has 0 spiro atoms. The molecule has 18 aromatic rings. The van der Waals surface area contributed by atoms with Gasteiger partial charge in [-0.25, -0.2) is 0 Å². The summed E-state index contributed by atoms with van der Waals surface area (Å²) in [6.07, 6.45) is 0. The van der Waals surface area contributed by atoms with E-state index in [9.17, 15) is 0 Å². The molecular weight excluding hydrogens is 1540 g/mol. The maximum Gasteiger partial charge on any atom is 0.256 e. The van der Waals surface area contributed by atoms with Crippen molar-refractivity contribution in [2.45, 2.75) is 105 Å². The van der Waals surface area contributed by atoms with Crippen LogP contribution in [0.25, 0.3) is 60.9 Å². The van der Waals surface area contributed by atoms with Crippen LogP contribution in [0.1, 0.15) is 105 Å². The van der Waals surface area contributed by atoms with Crippen LogP contribution in [0, 0.1) is 0 Å². The molecule has 0 saturated heterocycles. The first-order chi connectivity index (χ1) is 61.6. The van der Waals surface area contributed by atoms with Gasteiger partial charge in [-0.15, -0.1) is 0 Å². The van der Waals surface area contributed by atoms with Crippen LogP contribution in [0.15, 0.2) is 411 Å². The molecule has 0 bridgehead atoms. The molecule has 6 heterocycles. The molecule has 618 valence electrons. The van der Waals surface area contributed by atoms with E-state index < -0.39 is 0 Å². The van der Waals surface area contributed by atoms with E-state index in [4.69, 9.17) is 9.15 Å². The Kier molecular flexibility index (Phi) is 20.7. The van der Waals surface area contributed by atoms with Crippen molar-refractivity contribution in [3.8, 4) is 39.4 Å². The largest absolute Gasteiger partial charge is 0.458 e. The van der Waals surface area contributed by atoms with E-state index in [1.807, 2.05) is 30.3 Å². The highest BCUT2D eigenvalue weighted by molar-refractivity contribution is 7.00. The zero-order chi connectivity index (χ0) is 87.0. The van der Waals surface area contributed by atoms with Crippen LogP contribution in [0.2, 0.25) is 0 Å². The monoisotopic (exact) mass is 1640 g/mol. The lowest BCUT2D eigenvalue weighted by Gasteiger charge is -2.44. The van der Waals surface area contributed by atoms with Crippen LogP contribution >= 0.6 is 0 Å². The van der Waals surface area contributed by atoms with Crippen molar-refractivity contribution in [3.63, 3.8) is 0 Å². The minimum atomic E-state index is 0.118. The van der Waals surface area contributed by atoms with Crippen molar-refractivity contribution in [3.05, 3.63) is 429 Å². The van der Waals surface area contributed by atoms with Gasteiger partial charge < -0.3 is 33.3 Å². The third-order valence-corrected chi connectivity index (χ3v) is 25.7. The average Bonchev–Trinajstić information content (AvgIpc) is 1.29. The van der Waals surface area contributed by atoms with Gasteiger partial charge in [0.05, 0.1) is 22.4 Å². The number of aromatic nitrogens is 1. The molecule has 0 fully saturated rings. The van der Waals surface area contributed by atoms with Gasteiger partial charge in [0.2, 0.25) is 0 Å². The Morgan fingerprint density at radius 2 is 0.512 bits per heavy atom. The van der Waals surface area contributed by atoms with Gasteiger partial charge in [0.25, 0.3) is 13.4 Å². The molecule has 0 amide bonds. The van der Waals surface area contributed by atoms with E-state index in [1.54, 1.807) is 0 Å². The molecule has 5 aliphatic heterocycles. The third-order valence-electron chi connectivity index (χ3n) is 25.7. The van der Waals surface area contributed by atoms with Crippen LogP contribution in [-0.2, 0) is 21.7 Å². The minimum absolute atomic E-state index is 0.118. The van der Waals surface area contributed by atoms with Crippen LogP contribution in [-0.4, -0.2) is 18.0 Å². The van der Waals surface area contributed by atoms with Gasteiger partial charge >= 0.3 is 0 Å². The standard InChI is InChI=1S/C34H29BN2.C28H24BNO.C28H25NO.C28H25N/c1-34(2,3)24-20-22-26(23-21-24)37-30-17-10-8-15-28(30)35-27-14-7-9-16-29(27)36(25-12-5-4-6-13-25)31-18-11-19-32(37)33(31)35;1-28(2,3)19-15-17-20(18-16-19)30-23-11-6-4-9-21(23)29-22-10-5-7-13-25(22)31-26-14-8-12-24(30)27(26)29;1-28(2,3)20-16-18-21(19-17-20)29-24-12-6-4-10-22(24)23-11-5-8-14-26(23)30-27-15-9-7-13-25(27)29;1-28(2,3)20-16-18-21(19-17-20)29-26-14-8-6-12-24(26)22-10-4-5-11-23(22)25-13-7-9-15-27(25)29/h4-23H,1-3H3;4-18H,1-3H3;4-19H,1-3H3;4-19H,1-3H3. The second-order valence-electron chi connectivity index (χ2n) is 37.9. The minimum Gasteiger partial charge on any atom is -0.458 e. The molecule has 0 N–H and O–H groups in total. The fraction of sp³-hybridized carbons (Fsp3) is 0.136. The van der Waals surface area contributed by atoms with Crippen LogP contribution in [0.3, 0.4) is 0 Å². The van der Waals surface area contributed by atoms with Gasteiger partial charge in [-0.1, -0.05) is 344 Å². The van der Waals surface area contributed by atoms with Gasteiger partial charge in [-0.3, -0.25) is 0 Å². The van der Waals surface area contributed by atoms with E-state index in [-0.39, 0.29) is 35.1 Å². The first-order valence-electron chi connectivity index (χ1n) is 44.6. The van der Waals surface area contributed by atoms with Crippen molar-refractivity contribution in [1.29, 1.82) is 0 Å². The predicted molar refractivity (Wildman–Crippen MR) is 541 cm³/mol. The normalized spacial score (nSPS) is 13.0. The van der Waals surface area contributed by atoms with Gasteiger partial charge in [0.1, 0.15) is 17.1 Å². The topological polar surface area (TPSA) is 40.3 Å². The second kappa shape index (κ2) is 32.5. The Morgan fingerprint density at radius 1 is 0.205 bits per heavy atom. The van der Waals surface area contributed by atoms with Crippen molar-refractivity contribution < 1.29 is 9.15 Å². The molecule has 5 aliphatic rings. The van der Waals surface area contributed by atoms with E-state index >= 15 is 0 Å². The Bertz CT molecular complexity index is 7180. The van der Waals surface area contributed by atoms with Gasteiger partial charge in [0.15, 0.2) is 5.58 Å². The summed E-state index contributed by atoms with van der Waals surface area (Å²) in [7, 11) is 0. The number of fused-ring (bicyclic) bond motifs is 17. The maximum absolute atomic E-state index is 6.43.